The largest absolute Gasteiger partial charge is 0.416 e. The minimum Gasteiger partial charge on any atom is -0.349 e. The first-order chi connectivity index (χ1) is 13.6. The zero-order chi connectivity index (χ0) is 21.6. The average Bonchev–Trinajstić information content (AvgIpc) is 3.13. The van der Waals surface area contributed by atoms with Gasteiger partial charge in [-0.15, -0.1) is 0 Å². The van der Waals surface area contributed by atoms with Gasteiger partial charge in [0.15, 0.2) is 13.1 Å². The smallest absolute Gasteiger partial charge is 0.349 e. The number of rotatable bonds is 8. The lowest BCUT2D eigenvalue weighted by atomic mass is 10.1. The molecule has 8 nitrogen and oxygen atoms in total. The van der Waals surface area contributed by atoms with E-state index in [4.69, 9.17) is 0 Å². The second-order valence-corrected chi connectivity index (χ2v) is 6.80. The fourth-order valence-electron chi connectivity index (χ4n) is 2.68. The minimum atomic E-state index is -4.56. The normalized spacial score (nSPS) is 12.7. The molecule has 0 spiro atoms. The summed E-state index contributed by atoms with van der Waals surface area (Å²) in [6, 6.07) is 2.95. The van der Waals surface area contributed by atoms with Gasteiger partial charge < -0.3 is 15.5 Å². The molecule has 0 bridgehead atoms. The molecular weight excluding hydrogens is 389 g/mol. The SMILES string of the molecule is CC[NH+](CC(=O)Nc1cc(C(F)(F)F)ccc1-n1cncn1)CC(=O)NC(C)C. The highest BCUT2D eigenvalue weighted by molar-refractivity contribution is 5.93. The predicted molar refractivity (Wildman–Crippen MR) is 99.5 cm³/mol. The lowest BCUT2D eigenvalue weighted by Gasteiger charge is -2.19. The molecule has 0 saturated heterocycles. The summed E-state index contributed by atoms with van der Waals surface area (Å²) in [7, 11) is 0. The summed E-state index contributed by atoms with van der Waals surface area (Å²) < 4.78 is 40.5. The third-order valence-corrected chi connectivity index (χ3v) is 4.03. The second-order valence-electron chi connectivity index (χ2n) is 6.80. The first kappa shape index (κ1) is 22.3. The first-order valence-electron chi connectivity index (χ1n) is 9.09. The maximum Gasteiger partial charge on any atom is 0.416 e. The van der Waals surface area contributed by atoms with Crippen LogP contribution in [0.5, 0.6) is 0 Å². The molecule has 0 radical (unpaired) electrons. The summed E-state index contributed by atoms with van der Waals surface area (Å²) in [5.41, 5.74) is -0.690. The maximum absolute atomic E-state index is 13.1. The minimum absolute atomic E-state index is 0.0234. The van der Waals surface area contributed by atoms with Crippen LogP contribution in [-0.2, 0) is 15.8 Å². The standard InChI is InChI=1S/C18H23F3N6O2/c1-4-26(8-16(28)24-12(2)3)9-17(29)25-14-7-13(18(19,20)21)5-6-15(14)27-11-22-10-23-27/h5-7,10-12H,4,8-9H2,1-3H3,(H,24,28)(H,25,29)/p+1. The molecule has 0 aliphatic heterocycles. The van der Waals surface area contributed by atoms with E-state index in [1.54, 1.807) is 0 Å². The van der Waals surface area contributed by atoms with Gasteiger partial charge in [0, 0.05) is 6.04 Å². The monoisotopic (exact) mass is 413 g/mol. The summed E-state index contributed by atoms with van der Waals surface area (Å²) in [5.74, 6) is -0.716. The Morgan fingerprint density at radius 2 is 1.90 bits per heavy atom. The van der Waals surface area contributed by atoms with E-state index in [-0.39, 0.29) is 36.4 Å². The Labute approximate surface area is 166 Å². The van der Waals surface area contributed by atoms with Crippen molar-refractivity contribution in [2.75, 3.05) is 25.0 Å². The van der Waals surface area contributed by atoms with Gasteiger partial charge in [0.05, 0.1) is 23.5 Å². The fourth-order valence-corrected chi connectivity index (χ4v) is 2.68. The number of likely N-dealkylation sites (N-methyl/N-ethyl adjacent to an activating group) is 1. The van der Waals surface area contributed by atoms with Crippen molar-refractivity contribution in [2.45, 2.75) is 33.0 Å². The molecule has 158 valence electrons. The number of aromatic nitrogens is 3. The Kier molecular flexibility index (Phi) is 7.32. The Hall–Kier alpha value is -2.95. The van der Waals surface area contributed by atoms with E-state index in [0.717, 1.165) is 12.1 Å². The fraction of sp³-hybridized carbons (Fsp3) is 0.444. The number of quaternary nitrogens is 1. The van der Waals surface area contributed by atoms with Gasteiger partial charge in [-0.25, -0.2) is 9.67 Å². The van der Waals surface area contributed by atoms with Gasteiger partial charge >= 0.3 is 6.18 Å². The summed E-state index contributed by atoms with van der Waals surface area (Å²) in [5, 5.41) is 9.16. The molecule has 1 aromatic carbocycles. The molecule has 2 aromatic rings. The van der Waals surface area contributed by atoms with Gasteiger partial charge in [-0.1, -0.05) is 0 Å². The molecule has 0 fully saturated rings. The molecule has 1 heterocycles. The van der Waals surface area contributed by atoms with Crippen LogP contribution in [0.4, 0.5) is 18.9 Å². The number of carbonyl (C=O) groups excluding carboxylic acids is 2. The molecular formula is C18H24F3N6O2+. The number of amides is 2. The topological polar surface area (TPSA) is 93.3 Å². The van der Waals surface area contributed by atoms with Crippen molar-refractivity contribution in [3.63, 3.8) is 0 Å². The van der Waals surface area contributed by atoms with Gasteiger partial charge in [0.1, 0.15) is 12.7 Å². The summed E-state index contributed by atoms with van der Waals surface area (Å²) in [4.78, 5) is 28.9. The second kappa shape index (κ2) is 9.50. The van der Waals surface area contributed by atoms with Crippen LogP contribution in [0.2, 0.25) is 0 Å². The van der Waals surface area contributed by atoms with Crippen LogP contribution in [0, 0.1) is 0 Å². The summed E-state index contributed by atoms with van der Waals surface area (Å²) in [6.45, 7) is 5.98. The number of alkyl halides is 3. The Morgan fingerprint density at radius 1 is 1.21 bits per heavy atom. The van der Waals surface area contributed by atoms with Gasteiger partial charge in [-0.05, 0) is 39.0 Å². The average molecular weight is 413 g/mol. The molecule has 11 heteroatoms. The third kappa shape index (κ3) is 6.56. The predicted octanol–water partition coefficient (Wildman–Crippen LogP) is 0.654. The van der Waals surface area contributed by atoms with E-state index < -0.39 is 17.6 Å². The highest BCUT2D eigenvalue weighted by atomic mass is 19.4. The van der Waals surface area contributed by atoms with E-state index in [2.05, 4.69) is 20.7 Å². The Morgan fingerprint density at radius 3 is 2.45 bits per heavy atom. The highest BCUT2D eigenvalue weighted by Crippen LogP contribution is 2.33. The molecule has 1 atom stereocenters. The number of nitrogens with zero attached hydrogens (tertiary/aromatic N) is 3. The van der Waals surface area contributed by atoms with Crippen LogP contribution in [0.15, 0.2) is 30.9 Å². The van der Waals surface area contributed by atoms with Gasteiger partial charge in [0.25, 0.3) is 11.8 Å². The van der Waals surface area contributed by atoms with Crippen molar-refractivity contribution >= 4 is 17.5 Å². The molecule has 0 aliphatic carbocycles. The molecule has 29 heavy (non-hydrogen) atoms. The van der Waals surface area contributed by atoms with Crippen molar-refractivity contribution in [1.29, 1.82) is 0 Å². The molecule has 2 amide bonds. The van der Waals surface area contributed by atoms with E-state index in [1.807, 2.05) is 20.8 Å². The number of nitrogens with one attached hydrogen (secondary N) is 3. The van der Waals surface area contributed by atoms with Crippen LogP contribution >= 0.6 is 0 Å². The molecule has 2 rings (SSSR count). The van der Waals surface area contributed by atoms with Crippen LogP contribution in [0.3, 0.4) is 0 Å². The van der Waals surface area contributed by atoms with Crippen LogP contribution in [0.25, 0.3) is 5.69 Å². The number of carbonyl (C=O) groups is 2. The van der Waals surface area contributed by atoms with Crippen molar-refractivity contribution in [3.8, 4) is 5.69 Å². The molecule has 0 saturated carbocycles. The lowest BCUT2D eigenvalue weighted by Crippen LogP contribution is -3.14. The van der Waals surface area contributed by atoms with Gasteiger partial charge in [-0.3, -0.25) is 9.59 Å². The zero-order valence-corrected chi connectivity index (χ0v) is 16.4. The first-order valence-corrected chi connectivity index (χ1v) is 9.09. The van der Waals surface area contributed by atoms with Crippen LogP contribution in [-0.4, -0.2) is 52.3 Å². The van der Waals surface area contributed by atoms with Crippen molar-refractivity contribution in [1.82, 2.24) is 20.1 Å². The number of anilines is 1. The Balaban J connectivity index is 2.18. The van der Waals surface area contributed by atoms with E-state index in [9.17, 15) is 22.8 Å². The molecule has 1 aromatic heterocycles. The highest BCUT2D eigenvalue weighted by Gasteiger charge is 2.31. The lowest BCUT2D eigenvalue weighted by molar-refractivity contribution is -0.881. The van der Waals surface area contributed by atoms with Gasteiger partial charge in [-0.2, -0.15) is 18.3 Å². The summed E-state index contributed by atoms with van der Waals surface area (Å²) in [6.07, 6.45) is -2.01. The van der Waals surface area contributed by atoms with E-state index in [0.29, 0.717) is 11.4 Å². The van der Waals surface area contributed by atoms with Crippen LogP contribution in [0.1, 0.15) is 26.3 Å². The van der Waals surface area contributed by atoms with E-state index >= 15 is 0 Å². The Bertz CT molecular complexity index is 837. The molecule has 0 aliphatic rings. The number of halogens is 3. The number of benzene rings is 1. The van der Waals surface area contributed by atoms with Crippen molar-refractivity contribution in [2.24, 2.45) is 0 Å². The number of hydrogen-bond donors (Lipinski definition) is 3. The van der Waals surface area contributed by atoms with Crippen molar-refractivity contribution in [3.05, 3.63) is 36.4 Å². The molecule has 3 N–H and O–H groups in total. The van der Waals surface area contributed by atoms with Crippen LogP contribution < -0.4 is 15.5 Å². The quantitative estimate of drug-likeness (QED) is 0.593. The van der Waals surface area contributed by atoms with E-state index in [1.165, 1.54) is 23.4 Å². The zero-order valence-electron chi connectivity index (χ0n) is 16.4. The molecule has 1 unspecified atom stereocenters. The summed E-state index contributed by atoms with van der Waals surface area (Å²) >= 11 is 0. The maximum atomic E-state index is 13.1. The third-order valence-electron chi connectivity index (χ3n) is 4.03. The number of hydrogen-bond acceptors (Lipinski definition) is 4. The van der Waals surface area contributed by atoms with Crippen molar-refractivity contribution < 1.29 is 27.7 Å². The van der Waals surface area contributed by atoms with Gasteiger partial charge in [0.2, 0.25) is 0 Å².